The Kier molecular flexibility index (Phi) is 8.24. The van der Waals surface area contributed by atoms with Gasteiger partial charge in [-0.1, -0.05) is 18.2 Å². The molecule has 2 aromatic carbocycles. The van der Waals surface area contributed by atoms with Gasteiger partial charge in [0.15, 0.2) is 0 Å². The van der Waals surface area contributed by atoms with Gasteiger partial charge in [0.05, 0.1) is 30.2 Å². The molecule has 3 aromatic rings. The second-order valence-electron chi connectivity index (χ2n) is 11.2. The van der Waals surface area contributed by atoms with E-state index in [2.05, 4.69) is 74.1 Å². The normalized spacial score (nSPS) is 19.5. The fourth-order valence-corrected chi connectivity index (χ4v) is 6.19. The smallest absolute Gasteiger partial charge is 0.133 e. The second-order valence-corrected chi connectivity index (χ2v) is 11.2. The van der Waals surface area contributed by atoms with E-state index in [0.717, 1.165) is 93.7 Å². The number of ether oxygens (including phenoxy) is 1. The van der Waals surface area contributed by atoms with Crippen LogP contribution in [0.25, 0.3) is 11.3 Å². The molecule has 8 heteroatoms. The lowest BCUT2D eigenvalue weighted by molar-refractivity contribution is 0.0982. The Morgan fingerprint density at radius 1 is 0.875 bits per heavy atom. The van der Waals surface area contributed by atoms with E-state index in [1.165, 1.54) is 24.3 Å². The standard InChI is InChI=1S/C32H39N7O/c1-36-14-16-37(17-15-36)29-9-12-39(13-10-29)31-7-4-26(23-27(31)24-33)30-8-11-34-32(35-30)22-25-2-5-28(6-3-25)38-18-20-40-21-19-38/h2-8,11,23,29H,9-10,12-22H2,1H3. The quantitative estimate of drug-likeness (QED) is 0.472. The number of aromatic nitrogens is 2. The number of hydrogen-bond acceptors (Lipinski definition) is 8. The molecule has 0 unspecified atom stereocenters. The van der Waals surface area contributed by atoms with Crippen LogP contribution < -0.4 is 9.80 Å². The van der Waals surface area contributed by atoms with E-state index in [-0.39, 0.29) is 0 Å². The first-order valence-corrected chi connectivity index (χ1v) is 14.6. The molecule has 0 amide bonds. The van der Waals surface area contributed by atoms with Gasteiger partial charge < -0.3 is 19.4 Å². The second kappa shape index (κ2) is 12.3. The molecule has 3 saturated heterocycles. The molecule has 208 valence electrons. The zero-order chi connectivity index (χ0) is 27.3. The fourth-order valence-electron chi connectivity index (χ4n) is 6.19. The molecule has 0 spiro atoms. The summed E-state index contributed by atoms with van der Waals surface area (Å²) in [6.07, 6.45) is 4.80. The monoisotopic (exact) mass is 537 g/mol. The molecular formula is C32H39N7O. The first-order valence-electron chi connectivity index (χ1n) is 14.6. The number of nitriles is 1. The summed E-state index contributed by atoms with van der Waals surface area (Å²) < 4.78 is 5.47. The third-order valence-corrected chi connectivity index (χ3v) is 8.65. The lowest BCUT2D eigenvalue weighted by atomic mass is 9.99. The van der Waals surface area contributed by atoms with Gasteiger partial charge in [-0.05, 0) is 55.8 Å². The highest BCUT2D eigenvalue weighted by Gasteiger charge is 2.27. The van der Waals surface area contributed by atoms with Crippen molar-refractivity contribution >= 4 is 11.4 Å². The lowest BCUT2D eigenvalue weighted by Gasteiger charge is -2.42. The minimum absolute atomic E-state index is 0.657. The largest absolute Gasteiger partial charge is 0.378 e. The van der Waals surface area contributed by atoms with Crippen LogP contribution >= 0.6 is 0 Å². The van der Waals surface area contributed by atoms with Gasteiger partial charge in [-0.3, -0.25) is 4.90 Å². The van der Waals surface area contributed by atoms with E-state index in [9.17, 15) is 5.26 Å². The van der Waals surface area contributed by atoms with Crippen LogP contribution in [0.4, 0.5) is 11.4 Å². The van der Waals surface area contributed by atoms with Gasteiger partial charge in [-0.15, -0.1) is 0 Å². The Morgan fingerprint density at radius 3 is 2.35 bits per heavy atom. The highest BCUT2D eigenvalue weighted by atomic mass is 16.5. The van der Waals surface area contributed by atoms with Crippen molar-refractivity contribution in [3.63, 3.8) is 0 Å². The van der Waals surface area contributed by atoms with E-state index in [1.807, 2.05) is 18.3 Å². The highest BCUT2D eigenvalue weighted by molar-refractivity contribution is 5.69. The van der Waals surface area contributed by atoms with E-state index < -0.39 is 0 Å². The van der Waals surface area contributed by atoms with Crippen LogP contribution in [0, 0.1) is 11.3 Å². The predicted octanol–water partition coefficient (Wildman–Crippen LogP) is 3.66. The summed E-state index contributed by atoms with van der Waals surface area (Å²) in [4.78, 5) is 19.2. The predicted molar refractivity (Wildman–Crippen MR) is 159 cm³/mol. The molecule has 0 radical (unpaired) electrons. The maximum Gasteiger partial charge on any atom is 0.133 e. The molecule has 0 aliphatic carbocycles. The lowest BCUT2D eigenvalue weighted by Crippen LogP contribution is -2.52. The van der Waals surface area contributed by atoms with Crippen molar-refractivity contribution in [1.29, 1.82) is 5.26 Å². The highest BCUT2D eigenvalue weighted by Crippen LogP contribution is 2.30. The van der Waals surface area contributed by atoms with Gasteiger partial charge >= 0.3 is 0 Å². The first-order chi connectivity index (χ1) is 19.7. The van der Waals surface area contributed by atoms with Crippen LogP contribution in [0.15, 0.2) is 54.7 Å². The van der Waals surface area contributed by atoms with Crippen LogP contribution in [0.2, 0.25) is 0 Å². The third kappa shape index (κ3) is 6.12. The number of nitrogens with zero attached hydrogens (tertiary/aromatic N) is 7. The van der Waals surface area contributed by atoms with Crippen molar-refractivity contribution < 1.29 is 4.74 Å². The van der Waals surface area contributed by atoms with E-state index in [1.54, 1.807) is 0 Å². The van der Waals surface area contributed by atoms with Crippen molar-refractivity contribution in [2.24, 2.45) is 0 Å². The SMILES string of the molecule is CN1CCN(C2CCN(c3ccc(-c4ccnc(Cc5ccc(N6CCOCC6)cc5)n4)cc3C#N)CC2)CC1. The molecule has 3 fully saturated rings. The molecule has 8 nitrogen and oxygen atoms in total. The van der Waals surface area contributed by atoms with Gasteiger partial charge in [0.2, 0.25) is 0 Å². The number of morpholine rings is 1. The Bertz CT molecular complexity index is 1320. The third-order valence-electron chi connectivity index (χ3n) is 8.65. The zero-order valence-corrected chi connectivity index (χ0v) is 23.5. The summed E-state index contributed by atoms with van der Waals surface area (Å²) in [5.74, 6) is 0.783. The van der Waals surface area contributed by atoms with Crippen molar-refractivity contribution in [1.82, 2.24) is 19.8 Å². The Labute approximate surface area is 237 Å². The maximum absolute atomic E-state index is 10.0. The number of piperidine rings is 1. The van der Waals surface area contributed by atoms with Crippen molar-refractivity contribution in [3.8, 4) is 17.3 Å². The average Bonchev–Trinajstić information content (AvgIpc) is 3.02. The van der Waals surface area contributed by atoms with Crippen LogP contribution in [0.1, 0.15) is 29.8 Å². The summed E-state index contributed by atoms with van der Waals surface area (Å²) in [7, 11) is 2.21. The van der Waals surface area contributed by atoms with Gasteiger partial charge in [0, 0.05) is 82.3 Å². The van der Waals surface area contributed by atoms with Gasteiger partial charge in [-0.2, -0.15) is 5.26 Å². The van der Waals surface area contributed by atoms with Crippen LogP contribution in [-0.2, 0) is 11.2 Å². The number of hydrogen-bond donors (Lipinski definition) is 0. The fraction of sp³-hybridized carbons (Fsp3) is 0.469. The summed E-state index contributed by atoms with van der Waals surface area (Å²) >= 11 is 0. The Hall–Kier alpha value is -3.51. The van der Waals surface area contributed by atoms with Gasteiger partial charge in [0.25, 0.3) is 0 Å². The van der Waals surface area contributed by atoms with E-state index >= 15 is 0 Å². The zero-order valence-electron chi connectivity index (χ0n) is 23.5. The summed E-state index contributed by atoms with van der Waals surface area (Å²) in [6, 6.07) is 19.9. The summed E-state index contributed by atoms with van der Waals surface area (Å²) in [5.41, 5.74) is 5.98. The molecule has 0 N–H and O–H groups in total. The molecule has 6 rings (SSSR count). The van der Waals surface area contributed by atoms with E-state index in [4.69, 9.17) is 9.72 Å². The Morgan fingerprint density at radius 2 is 1.62 bits per heavy atom. The molecule has 0 bridgehead atoms. The number of rotatable bonds is 6. The maximum atomic E-state index is 10.0. The van der Waals surface area contributed by atoms with Gasteiger partial charge in [-0.25, -0.2) is 9.97 Å². The summed E-state index contributed by atoms with van der Waals surface area (Å²) in [5, 5.41) is 10.0. The molecule has 4 heterocycles. The molecule has 3 aliphatic heterocycles. The van der Waals surface area contributed by atoms with Crippen LogP contribution in [-0.4, -0.2) is 98.4 Å². The average molecular weight is 538 g/mol. The minimum atomic E-state index is 0.657. The summed E-state index contributed by atoms with van der Waals surface area (Å²) in [6.45, 7) is 10.1. The minimum Gasteiger partial charge on any atom is -0.378 e. The number of piperazine rings is 1. The van der Waals surface area contributed by atoms with Crippen molar-refractivity contribution in [2.75, 3.05) is 82.4 Å². The Balaban J connectivity index is 1.11. The van der Waals surface area contributed by atoms with Crippen LogP contribution in [0.5, 0.6) is 0 Å². The topological polar surface area (TPSA) is 71.8 Å². The molecule has 0 atom stereocenters. The molecule has 0 saturated carbocycles. The van der Waals surface area contributed by atoms with Crippen molar-refractivity contribution in [2.45, 2.75) is 25.3 Å². The van der Waals surface area contributed by atoms with Crippen molar-refractivity contribution in [3.05, 3.63) is 71.7 Å². The number of anilines is 2. The van der Waals surface area contributed by atoms with E-state index in [0.29, 0.717) is 12.5 Å². The number of likely N-dealkylation sites (N-methyl/N-ethyl adjacent to an activating group) is 1. The van der Waals surface area contributed by atoms with Gasteiger partial charge in [0.1, 0.15) is 11.9 Å². The number of benzene rings is 2. The molecular weight excluding hydrogens is 498 g/mol. The molecule has 40 heavy (non-hydrogen) atoms. The first kappa shape index (κ1) is 26.7. The van der Waals surface area contributed by atoms with Crippen LogP contribution in [0.3, 0.4) is 0 Å². The molecule has 3 aliphatic rings. The molecule has 1 aromatic heterocycles.